The van der Waals surface area contributed by atoms with E-state index in [1.54, 1.807) is 18.2 Å². The molecule has 0 saturated carbocycles. The van der Waals surface area contributed by atoms with E-state index in [4.69, 9.17) is 0 Å². The van der Waals surface area contributed by atoms with E-state index in [9.17, 15) is 26.4 Å². The summed E-state index contributed by atoms with van der Waals surface area (Å²) in [6.07, 6.45) is 0. The molecule has 1 N–H and O–H groups in total. The van der Waals surface area contributed by atoms with Crippen LogP contribution >= 0.6 is 0 Å². The van der Waals surface area contributed by atoms with Crippen molar-refractivity contribution >= 4 is 21.5 Å². The fourth-order valence-corrected chi connectivity index (χ4v) is 2.30. The summed E-state index contributed by atoms with van der Waals surface area (Å²) in [6.45, 7) is 0. The summed E-state index contributed by atoms with van der Waals surface area (Å²) in [7, 11) is -5.59. The predicted octanol–water partition coefficient (Wildman–Crippen LogP) is 3.18. The van der Waals surface area contributed by atoms with Crippen LogP contribution in [0.25, 0.3) is 0 Å². The summed E-state index contributed by atoms with van der Waals surface area (Å²) in [5.74, 6) is -0.582. The molecule has 2 aromatic carbocycles. The molecule has 8 heteroatoms. The molecule has 116 valence electrons. The van der Waals surface area contributed by atoms with Gasteiger partial charge in [0.2, 0.25) is 0 Å². The van der Waals surface area contributed by atoms with Gasteiger partial charge in [0.25, 0.3) is 0 Å². The lowest BCUT2D eigenvalue weighted by Gasteiger charge is -2.13. The van der Waals surface area contributed by atoms with Crippen molar-refractivity contribution in [2.45, 2.75) is 5.51 Å². The zero-order valence-corrected chi connectivity index (χ0v) is 11.8. The first-order valence-corrected chi connectivity index (χ1v) is 7.48. The fourth-order valence-electron chi connectivity index (χ4n) is 1.72. The van der Waals surface area contributed by atoms with Gasteiger partial charge in [-0.1, -0.05) is 42.5 Å². The number of benzene rings is 2. The fraction of sp³-hybridized carbons (Fsp3) is 0.0714. The van der Waals surface area contributed by atoms with Crippen molar-refractivity contribution in [3.63, 3.8) is 0 Å². The van der Waals surface area contributed by atoms with Gasteiger partial charge in [-0.15, -0.1) is 0 Å². The SMILES string of the molecule is O=C(c1ccccc1)c1ccccc1NS(=O)(=O)C(F)(F)F. The molecule has 0 heterocycles. The van der Waals surface area contributed by atoms with Crippen molar-refractivity contribution in [3.8, 4) is 0 Å². The molecular weight excluding hydrogens is 319 g/mol. The number of hydrogen-bond acceptors (Lipinski definition) is 3. The Morgan fingerprint density at radius 3 is 2.05 bits per heavy atom. The van der Waals surface area contributed by atoms with Crippen LogP contribution in [0.15, 0.2) is 54.6 Å². The first-order valence-electron chi connectivity index (χ1n) is 6.00. The number of sulfonamides is 1. The van der Waals surface area contributed by atoms with E-state index in [0.29, 0.717) is 0 Å². The van der Waals surface area contributed by atoms with E-state index in [-0.39, 0.29) is 11.1 Å². The number of alkyl halides is 3. The molecule has 4 nitrogen and oxygen atoms in total. The number of ketones is 1. The van der Waals surface area contributed by atoms with Gasteiger partial charge >= 0.3 is 15.5 Å². The average molecular weight is 329 g/mol. The Morgan fingerprint density at radius 1 is 0.909 bits per heavy atom. The third kappa shape index (κ3) is 3.28. The minimum absolute atomic E-state index is 0.165. The summed E-state index contributed by atoms with van der Waals surface area (Å²) in [5.41, 5.74) is -5.81. The molecule has 2 aromatic rings. The maximum atomic E-state index is 12.4. The van der Waals surface area contributed by atoms with E-state index >= 15 is 0 Å². The highest BCUT2D eigenvalue weighted by Gasteiger charge is 2.46. The minimum Gasteiger partial charge on any atom is -0.289 e. The molecule has 0 radical (unpaired) electrons. The Labute approximate surface area is 124 Å². The van der Waals surface area contributed by atoms with Crippen molar-refractivity contribution in [1.82, 2.24) is 0 Å². The van der Waals surface area contributed by atoms with Crippen molar-refractivity contribution < 1.29 is 26.4 Å². The molecule has 0 unspecified atom stereocenters. The van der Waals surface area contributed by atoms with Crippen molar-refractivity contribution in [2.75, 3.05) is 4.72 Å². The maximum Gasteiger partial charge on any atom is 0.516 e. The molecule has 0 aliphatic heterocycles. The lowest BCUT2D eigenvalue weighted by Crippen LogP contribution is -2.30. The van der Waals surface area contributed by atoms with Crippen molar-refractivity contribution in [2.24, 2.45) is 0 Å². The van der Waals surface area contributed by atoms with Gasteiger partial charge in [0.1, 0.15) is 0 Å². The molecular formula is C14H10F3NO3S. The Bertz CT molecular complexity index is 786. The standard InChI is InChI=1S/C14H10F3NO3S/c15-14(16,17)22(20,21)18-12-9-5-4-8-11(12)13(19)10-6-2-1-3-7-10/h1-9,18H. The Morgan fingerprint density at radius 2 is 1.45 bits per heavy atom. The number of halogens is 3. The number of anilines is 1. The van der Waals surface area contributed by atoms with Crippen LogP contribution in [0, 0.1) is 0 Å². The average Bonchev–Trinajstić information content (AvgIpc) is 2.46. The normalized spacial score (nSPS) is 12.0. The largest absolute Gasteiger partial charge is 0.516 e. The highest BCUT2D eigenvalue weighted by Crippen LogP contribution is 2.27. The van der Waals surface area contributed by atoms with Gasteiger partial charge in [-0.2, -0.15) is 21.6 Å². The number of para-hydroxylation sites is 1. The highest BCUT2D eigenvalue weighted by molar-refractivity contribution is 7.93. The van der Waals surface area contributed by atoms with Crippen LogP contribution in [0.1, 0.15) is 15.9 Å². The number of nitrogens with one attached hydrogen (secondary N) is 1. The van der Waals surface area contributed by atoms with Crippen molar-refractivity contribution in [3.05, 3.63) is 65.7 Å². The lowest BCUT2D eigenvalue weighted by atomic mass is 10.0. The van der Waals surface area contributed by atoms with Crippen LogP contribution in [0.5, 0.6) is 0 Å². The van der Waals surface area contributed by atoms with Gasteiger partial charge in [-0.3, -0.25) is 9.52 Å². The Hall–Kier alpha value is -2.35. The number of carbonyl (C=O) groups is 1. The smallest absolute Gasteiger partial charge is 0.289 e. The third-order valence-corrected chi connectivity index (χ3v) is 3.85. The summed E-state index contributed by atoms with van der Waals surface area (Å²) in [5, 5.41) is 0. The molecule has 0 bridgehead atoms. The molecule has 0 aliphatic rings. The monoisotopic (exact) mass is 329 g/mol. The molecule has 0 aromatic heterocycles. The lowest BCUT2D eigenvalue weighted by molar-refractivity contribution is -0.0429. The molecule has 22 heavy (non-hydrogen) atoms. The second-order valence-corrected chi connectivity index (χ2v) is 5.97. The van der Waals surface area contributed by atoms with E-state index in [1.807, 2.05) is 0 Å². The molecule has 0 atom stereocenters. The van der Waals surface area contributed by atoms with E-state index in [1.165, 1.54) is 35.1 Å². The second-order valence-electron chi connectivity index (χ2n) is 4.29. The van der Waals surface area contributed by atoms with E-state index in [0.717, 1.165) is 6.07 Å². The number of carbonyl (C=O) groups excluding carboxylic acids is 1. The molecule has 0 aliphatic carbocycles. The van der Waals surface area contributed by atoms with Gasteiger partial charge in [-0.05, 0) is 12.1 Å². The Kier molecular flexibility index (Phi) is 4.23. The summed E-state index contributed by atoms with van der Waals surface area (Å²) >= 11 is 0. The van der Waals surface area contributed by atoms with Gasteiger partial charge in [0, 0.05) is 11.1 Å². The third-order valence-electron chi connectivity index (χ3n) is 2.76. The zero-order valence-electron chi connectivity index (χ0n) is 11.0. The molecule has 0 spiro atoms. The minimum atomic E-state index is -5.59. The summed E-state index contributed by atoms with van der Waals surface area (Å²) in [6, 6.07) is 12.9. The predicted molar refractivity (Wildman–Crippen MR) is 74.9 cm³/mol. The Balaban J connectivity index is 2.43. The van der Waals surface area contributed by atoms with Crippen LogP contribution in [-0.2, 0) is 10.0 Å². The van der Waals surface area contributed by atoms with Gasteiger partial charge in [0.05, 0.1) is 5.69 Å². The highest BCUT2D eigenvalue weighted by atomic mass is 32.2. The maximum absolute atomic E-state index is 12.4. The molecule has 0 amide bonds. The van der Waals surface area contributed by atoms with E-state index in [2.05, 4.69) is 0 Å². The zero-order chi connectivity index (χ0) is 16.4. The van der Waals surface area contributed by atoms with Gasteiger partial charge in [-0.25, -0.2) is 0 Å². The second kappa shape index (κ2) is 5.80. The summed E-state index contributed by atoms with van der Waals surface area (Å²) < 4.78 is 61.1. The van der Waals surface area contributed by atoms with Gasteiger partial charge < -0.3 is 0 Å². The van der Waals surface area contributed by atoms with Crippen LogP contribution in [0.3, 0.4) is 0 Å². The molecule has 2 rings (SSSR count). The van der Waals surface area contributed by atoms with Crippen molar-refractivity contribution in [1.29, 1.82) is 0 Å². The van der Waals surface area contributed by atoms with Gasteiger partial charge in [0.15, 0.2) is 5.78 Å². The first kappa shape index (κ1) is 16.0. The summed E-state index contributed by atoms with van der Waals surface area (Å²) in [4.78, 5) is 12.3. The number of rotatable bonds is 4. The van der Waals surface area contributed by atoms with Crippen LogP contribution < -0.4 is 4.72 Å². The molecule has 0 saturated heterocycles. The first-order chi connectivity index (χ1) is 10.2. The van der Waals surface area contributed by atoms with Crippen LogP contribution in [-0.4, -0.2) is 19.7 Å². The topological polar surface area (TPSA) is 63.2 Å². The van der Waals surface area contributed by atoms with Crippen LogP contribution in [0.4, 0.5) is 18.9 Å². The van der Waals surface area contributed by atoms with E-state index < -0.39 is 27.0 Å². The number of hydrogen-bond donors (Lipinski definition) is 1. The quantitative estimate of drug-likeness (QED) is 0.876. The molecule has 0 fully saturated rings. The van der Waals surface area contributed by atoms with Crippen LogP contribution in [0.2, 0.25) is 0 Å².